The molecule has 1 aromatic carbocycles. The van der Waals surface area contributed by atoms with Crippen molar-refractivity contribution in [3.05, 3.63) is 11.6 Å². The van der Waals surface area contributed by atoms with Crippen LogP contribution >= 0.6 is 0 Å². The first kappa shape index (κ1) is 41.2. The smallest absolute Gasteiger partial charge is 0.386 e. The van der Waals surface area contributed by atoms with E-state index in [0.717, 1.165) is 7.11 Å². The van der Waals surface area contributed by atoms with Gasteiger partial charge in [0.2, 0.25) is 17.2 Å². The predicted molar refractivity (Wildman–Crippen MR) is 142 cm³/mol. The van der Waals surface area contributed by atoms with Crippen LogP contribution in [0, 0.1) is 0 Å². The summed E-state index contributed by atoms with van der Waals surface area (Å²) >= 11 is 0. The van der Waals surface area contributed by atoms with Crippen LogP contribution < -0.4 is 23.7 Å². The normalized spacial score (nSPS) is 14.1. The lowest BCUT2D eigenvalue weighted by Crippen LogP contribution is -2.33. The Labute approximate surface area is 266 Å². The van der Waals surface area contributed by atoms with Crippen molar-refractivity contribution < 1.29 is 113 Å². The van der Waals surface area contributed by atoms with Crippen LogP contribution in [0.1, 0.15) is 5.56 Å². The largest absolute Gasteiger partial charge is 0.490 e. The Bertz CT molecular complexity index is 1350. The summed E-state index contributed by atoms with van der Waals surface area (Å²) in [5.41, 5.74) is -1.01. The van der Waals surface area contributed by atoms with E-state index in [0.29, 0.717) is 6.08 Å². The SMILES string of the molecule is COc1c(OC(=O)C(O)CO)c(C=CC(=O)OOC(=O)C(O)CO)c(OC(=O)C(O)CO)c(OC(=O)C(O)CO)c1OC(=O)C(O)CO. The average Bonchev–Trinajstić information content (AvgIpc) is 3.09. The van der Waals surface area contributed by atoms with Crippen LogP contribution in [0.25, 0.3) is 6.08 Å². The zero-order valence-corrected chi connectivity index (χ0v) is 24.4. The van der Waals surface area contributed by atoms with Gasteiger partial charge in [-0.15, -0.1) is 0 Å². The monoisotopic (exact) mass is 698 g/mol. The van der Waals surface area contributed by atoms with Crippen molar-refractivity contribution in [2.24, 2.45) is 0 Å². The molecule has 10 N–H and O–H groups in total. The lowest BCUT2D eigenvalue weighted by molar-refractivity contribution is -0.261. The number of carbonyl (C=O) groups excluding carboxylic acids is 6. The molecule has 0 spiro atoms. The van der Waals surface area contributed by atoms with Crippen molar-refractivity contribution >= 4 is 41.9 Å². The molecule has 23 nitrogen and oxygen atoms in total. The number of esters is 4. The number of aliphatic hydroxyl groups excluding tert-OH is 10. The molecule has 0 aliphatic carbocycles. The van der Waals surface area contributed by atoms with Gasteiger partial charge in [0.05, 0.1) is 45.7 Å². The highest BCUT2D eigenvalue weighted by Gasteiger charge is 2.37. The minimum Gasteiger partial charge on any atom is -0.490 e. The summed E-state index contributed by atoms with van der Waals surface area (Å²) < 4.78 is 24.8. The van der Waals surface area contributed by atoms with Crippen molar-refractivity contribution in [3.63, 3.8) is 0 Å². The Morgan fingerprint density at radius 1 is 0.500 bits per heavy atom. The molecular formula is C25H30O23. The van der Waals surface area contributed by atoms with E-state index < -0.39 is 134 Å². The Hall–Kier alpha value is -4.82. The van der Waals surface area contributed by atoms with Gasteiger partial charge in [-0.3, -0.25) is 0 Å². The van der Waals surface area contributed by atoms with E-state index in [9.17, 15) is 69.6 Å². The molecule has 5 atom stereocenters. The molecule has 0 heterocycles. The molecule has 0 amide bonds. The molecule has 268 valence electrons. The zero-order chi connectivity index (χ0) is 36.7. The number of aliphatic hydroxyl groups is 10. The molecule has 0 bridgehead atoms. The second-order valence-corrected chi connectivity index (χ2v) is 8.58. The Morgan fingerprint density at radius 3 is 1.17 bits per heavy atom. The highest BCUT2D eigenvalue weighted by atomic mass is 17.2. The summed E-state index contributed by atoms with van der Waals surface area (Å²) in [7, 11) is 0.762. The standard InChI is InChI=1S/C25H30O23/c1-42-18-16(43-21(37)10(31)4-26)9(2-3-15(36)47-48-25(41)14(35)8-30)17(44-22(38)11(32)5-27)19(45-23(39)12(33)6-28)20(18)46-24(40)13(34)7-29/h2-3,10-14,26-35H,4-8H2,1H3. The van der Waals surface area contributed by atoms with Crippen LogP contribution in [0.5, 0.6) is 28.7 Å². The van der Waals surface area contributed by atoms with Crippen LogP contribution in [0.3, 0.4) is 0 Å². The van der Waals surface area contributed by atoms with Gasteiger partial charge in [0, 0.05) is 6.08 Å². The fourth-order valence-corrected chi connectivity index (χ4v) is 2.75. The molecule has 0 radical (unpaired) electrons. The highest BCUT2D eigenvalue weighted by molar-refractivity contribution is 5.94. The van der Waals surface area contributed by atoms with Crippen molar-refractivity contribution in [2.45, 2.75) is 30.5 Å². The maximum Gasteiger partial charge on any atom is 0.386 e. The molecule has 23 heteroatoms. The maximum absolute atomic E-state index is 12.6. The van der Waals surface area contributed by atoms with Crippen molar-refractivity contribution in [1.29, 1.82) is 0 Å². The molecular weight excluding hydrogens is 668 g/mol. The molecule has 0 fully saturated rings. The van der Waals surface area contributed by atoms with E-state index in [1.54, 1.807) is 0 Å². The highest BCUT2D eigenvalue weighted by Crippen LogP contribution is 2.55. The van der Waals surface area contributed by atoms with Crippen LogP contribution in [0.15, 0.2) is 6.08 Å². The first-order valence-corrected chi connectivity index (χ1v) is 12.8. The van der Waals surface area contributed by atoms with Gasteiger partial charge >= 0.3 is 35.8 Å². The Balaban J connectivity index is 4.28. The van der Waals surface area contributed by atoms with E-state index in [1.165, 1.54) is 0 Å². The molecule has 0 aliphatic heterocycles. The van der Waals surface area contributed by atoms with Gasteiger partial charge in [-0.2, -0.15) is 0 Å². The zero-order valence-electron chi connectivity index (χ0n) is 24.4. The van der Waals surface area contributed by atoms with E-state index in [2.05, 4.69) is 9.78 Å². The van der Waals surface area contributed by atoms with E-state index in [4.69, 9.17) is 33.9 Å². The van der Waals surface area contributed by atoms with Crippen LogP contribution in [0.4, 0.5) is 0 Å². The van der Waals surface area contributed by atoms with Crippen LogP contribution in [0.2, 0.25) is 0 Å². The molecule has 5 unspecified atom stereocenters. The Morgan fingerprint density at radius 2 is 0.812 bits per heavy atom. The fourth-order valence-electron chi connectivity index (χ4n) is 2.75. The molecule has 1 rings (SSSR count). The van der Waals surface area contributed by atoms with Crippen LogP contribution in [-0.4, -0.2) is 158 Å². The number of rotatable bonds is 17. The lowest BCUT2D eigenvalue weighted by atomic mass is 10.1. The van der Waals surface area contributed by atoms with Crippen molar-refractivity contribution in [1.82, 2.24) is 0 Å². The molecule has 48 heavy (non-hydrogen) atoms. The number of carbonyl (C=O) groups is 6. The second-order valence-electron chi connectivity index (χ2n) is 8.58. The first-order chi connectivity index (χ1) is 22.6. The summed E-state index contributed by atoms with van der Waals surface area (Å²) in [5.74, 6) is -16.6. The van der Waals surface area contributed by atoms with Gasteiger partial charge in [0.15, 0.2) is 42.0 Å². The quantitative estimate of drug-likeness (QED) is 0.0237. The first-order valence-electron chi connectivity index (χ1n) is 12.8. The van der Waals surface area contributed by atoms with Gasteiger partial charge in [0.1, 0.15) is 0 Å². The molecule has 0 aromatic heterocycles. The van der Waals surface area contributed by atoms with Gasteiger partial charge in [-0.1, -0.05) is 0 Å². The van der Waals surface area contributed by atoms with Gasteiger partial charge in [-0.05, 0) is 6.08 Å². The second kappa shape index (κ2) is 19.8. The van der Waals surface area contributed by atoms with Gasteiger partial charge in [0.25, 0.3) is 0 Å². The molecule has 0 saturated carbocycles. The maximum atomic E-state index is 12.6. The van der Waals surface area contributed by atoms with Crippen molar-refractivity contribution in [2.75, 3.05) is 40.1 Å². The predicted octanol–water partition coefficient (Wildman–Crippen LogP) is -6.90. The minimum absolute atomic E-state index is 0.280. The number of benzene rings is 1. The van der Waals surface area contributed by atoms with Gasteiger partial charge < -0.3 is 74.7 Å². The number of hydrogen-bond donors (Lipinski definition) is 10. The third kappa shape index (κ3) is 11.2. The third-order valence-electron chi connectivity index (χ3n) is 5.15. The lowest BCUT2D eigenvalue weighted by Gasteiger charge is -2.23. The summed E-state index contributed by atoms with van der Waals surface area (Å²) in [6.07, 6.45) is -10.8. The number of methoxy groups -OCH3 is 1. The fraction of sp³-hybridized carbons (Fsp3) is 0.440. The number of ether oxygens (including phenoxy) is 5. The topological polar surface area (TPSA) is 369 Å². The molecule has 0 saturated heterocycles. The van der Waals surface area contributed by atoms with Crippen molar-refractivity contribution in [3.8, 4) is 28.7 Å². The van der Waals surface area contributed by atoms with E-state index in [-0.39, 0.29) is 6.08 Å². The summed E-state index contributed by atoms with van der Waals surface area (Å²) in [4.78, 5) is 82.0. The van der Waals surface area contributed by atoms with E-state index in [1.807, 2.05) is 0 Å². The third-order valence-corrected chi connectivity index (χ3v) is 5.15. The molecule has 1 aromatic rings. The number of hydrogen-bond acceptors (Lipinski definition) is 23. The van der Waals surface area contributed by atoms with Gasteiger partial charge in [-0.25, -0.2) is 38.5 Å². The minimum atomic E-state index is -2.39. The summed E-state index contributed by atoms with van der Waals surface area (Å²) in [6.45, 7) is -6.31. The summed E-state index contributed by atoms with van der Waals surface area (Å²) in [5, 5.41) is 93.9. The molecule has 0 aliphatic rings. The Kier molecular flexibility index (Phi) is 17.0. The van der Waals surface area contributed by atoms with E-state index >= 15 is 0 Å². The average molecular weight is 698 g/mol. The van der Waals surface area contributed by atoms with Crippen LogP contribution in [-0.2, 0) is 38.5 Å². The summed E-state index contributed by atoms with van der Waals surface area (Å²) in [6, 6.07) is 0.